The second-order valence-corrected chi connectivity index (χ2v) is 4.45. The van der Waals surface area contributed by atoms with Crippen molar-refractivity contribution in [3.8, 4) is 0 Å². The monoisotopic (exact) mass is 292 g/mol. The second-order valence-electron chi connectivity index (χ2n) is 3.70. The van der Waals surface area contributed by atoms with Crippen molar-refractivity contribution >= 4 is 27.8 Å². The molecule has 0 aliphatic heterocycles. The van der Waals surface area contributed by atoms with Gasteiger partial charge in [-0.2, -0.15) is 5.10 Å². The van der Waals surface area contributed by atoms with E-state index in [0.29, 0.717) is 0 Å². The lowest BCUT2D eigenvalue weighted by atomic mass is 10.3. The fraction of sp³-hybridized carbons (Fsp3) is 0.167. The number of anilines is 1. The molecule has 5 heteroatoms. The number of nitrogens with zero attached hydrogens (tertiary/aromatic N) is 3. The molecule has 0 amide bonds. The molecule has 4 nitrogen and oxygen atoms in total. The molecule has 17 heavy (non-hydrogen) atoms. The van der Waals surface area contributed by atoms with E-state index < -0.39 is 0 Å². The zero-order valence-corrected chi connectivity index (χ0v) is 11.1. The maximum absolute atomic E-state index is 4.23. The summed E-state index contributed by atoms with van der Waals surface area (Å²) in [5, 5.41) is 7.41. The third kappa shape index (κ3) is 2.94. The highest BCUT2D eigenvalue weighted by atomic mass is 79.9. The van der Waals surface area contributed by atoms with E-state index in [2.05, 4.69) is 44.0 Å². The van der Waals surface area contributed by atoms with E-state index in [1.165, 1.54) is 0 Å². The van der Waals surface area contributed by atoms with Crippen LogP contribution in [0.4, 0.5) is 5.69 Å². The number of hydrogen-bond acceptors (Lipinski definition) is 3. The van der Waals surface area contributed by atoms with Crippen LogP contribution in [0.3, 0.4) is 0 Å². The Balaban J connectivity index is 2.01. The maximum Gasteiger partial charge on any atom is 0.109 e. The third-order valence-corrected chi connectivity index (χ3v) is 3.18. The zero-order chi connectivity index (χ0) is 12.3. The highest BCUT2D eigenvalue weighted by molar-refractivity contribution is 9.10. The number of nitrogens with one attached hydrogen (secondary N) is 1. The minimum atomic E-state index is 0.719. The molecule has 0 aliphatic carbocycles. The van der Waals surface area contributed by atoms with Crippen LogP contribution in [0.25, 0.3) is 6.20 Å². The summed E-state index contributed by atoms with van der Waals surface area (Å²) in [5.74, 6) is 0. The molecule has 0 aromatic carbocycles. The van der Waals surface area contributed by atoms with Gasteiger partial charge in [0.2, 0.25) is 0 Å². The van der Waals surface area contributed by atoms with Crippen LogP contribution in [0.1, 0.15) is 11.1 Å². The van der Waals surface area contributed by atoms with E-state index in [1.54, 1.807) is 17.1 Å². The van der Waals surface area contributed by atoms with Crippen molar-refractivity contribution in [2.75, 3.05) is 5.32 Å². The summed E-state index contributed by atoms with van der Waals surface area (Å²) in [6.07, 6.45) is 7.21. The first-order chi connectivity index (χ1) is 8.19. The molecule has 0 saturated heterocycles. The molecule has 2 aromatic rings. The highest BCUT2D eigenvalue weighted by Gasteiger charge is 2.00. The van der Waals surface area contributed by atoms with E-state index in [4.69, 9.17) is 0 Å². The quantitative estimate of drug-likeness (QED) is 0.881. The average Bonchev–Trinajstić information content (AvgIpc) is 2.79. The van der Waals surface area contributed by atoms with Crippen molar-refractivity contribution < 1.29 is 0 Å². The van der Waals surface area contributed by atoms with Crippen LogP contribution in [0, 0.1) is 6.92 Å². The topological polar surface area (TPSA) is 42.7 Å². The van der Waals surface area contributed by atoms with Crippen LogP contribution >= 0.6 is 15.9 Å². The van der Waals surface area contributed by atoms with Crippen LogP contribution in [0.2, 0.25) is 0 Å². The Hall–Kier alpha value is -1.62. The van der Waals surface area contributed by atoms with E-state index in [9.17, 15) is 0 Å². The summed E-state index contributed by atoms with van der Waals surface area (Å²) < 4.78 is 2.56. The highest BCUT2D eigenvalue weighted by Crippen LogP contribution is 2.17. The first kappa shape index (κ1) is 11.9. The van der Waals surface area contributed by atoms with Gasteiger partial charge in [-0.05, 0) is 34.5 Å². The largest absolute Gasteiger partial charge is 0.380 e. The summed E-state index contributed by atoms with van der Waals surface area (Å²) in [6, 6.07) is 2.05. The molecule has 0 radical (unpaired) electrons. The van der Waals surface area contributed by atoms with Gasteiger partial charge >= 0.3 is 0 Å². The SMILES string of the molecule is C=Cn1cc(CNc2cnc(Br)c(C)c2)cn1. The van der Waals surface area contributed by atoms with Crippen LogP contribution < -0.4 is 5.32 Å². The number of aryl methyl sites for hydroxylation is 1. The Morgan fingerprint density at radius 3 is 3.00 bits per heavy atom. The smallest absolute Gasteiger partial charge is 0.109 e. The summed E-state index contributed by atoms with van der Waals surface area (Å²) in [6.45, 7) is 6.38. The number of hydrogen-bond donors (Lipinski definition) is 1. The lowest BCUT2D eigenvalue weighted by molar-refractivity contribution is 0.936. The summed E-state index contributed by atoms with van der Waals surface area (Å²) in [4.78, 5) is 4.23. The standard InChI is InChI=1S/C12H13BrN4/c1-3-17-8-10(6-16-17)5-14-11-4-9(2)12(13)15-7-11/h3-4,6-8,14H,1,5H2,2H3. The van der Waals surface area contributed by atoms with E-state index in [1.807, 2.05) is 19.3 Å². The molecule has 0 aliphatic rings. The lowest BCUT2D eigenvalue weighted by Gasteiger charge is -2.05. The normalized spacial score (nSPS) is 10.2. The van der Waals surface area contributed by atoms with Gasteiger partial charge in [-0.25, -0.2) is 9.67 Å². The molecule has 2 heterocycles. The first-order valence-electron chi connectivity index (χ1n) is 5.20. The van der Waals surface area contributed by atoms with Crippen molar-refractivity contribution in [3.05, 3.63) is 47.0 Å². The van der Waals surface area contributed by atoms with Gasteiger partial charge in [-0.15, -0.1) is 0 Å². The molecule has 2 aromatic heterocycles. The van der Waals surface area contributed by atoms with Crippen molar-refractivity contribution in [1.29, 1.82) is 0 Å². The number of rotatable bonds is 4. The van der Waals surface area contributed by atoms with Gasteiger partial charge in [0, 0.05) is 24.5 Å². The molecule has 0 unspecified atom stereocenters. The Kier molecular flexibility index (Phi) is 3.58. The van der Waals surface area contributed by atoms with Gasteiger partial charge in [0.15, 0.2) is 0 Å². The van der Waals surface area contributed by atoms with Crippen molar-refractivity contribution in [2.24, 2.45) is 0 Å². The van der Waals surface area contributed by atoms with Crippen molar-refractivity contribution in [3.63, 3.8) is 0 Å². The van der Waals surface area contributed by atoms with Crippen LogP contribution in [-0.4, -0.2) is 14.8 Å². The van der Waals surface area contributed by atoms with Crippen LogP contribution in [0.15, 0.2) is 35.8 Å². The second kappa shape index (κ2) is 5.14. The van der Waals surface area contributed by atoms with Gasteiger partial charge in [0.05, 0.1) is 18.1 Å². The van der Waals surface area contributed by atoms with Crippen LogP contribution in [0.5, 0.6) is 0 Å². The van der Waals surface area contributed by atoms with Gasteiger partial charge in [0.25, 0.3) is 0 Å². The molecule has 88 valence electrons. The summed E-state index contributed by atoms with van der Waals surface area (Å²) in [7, 11) is 0. The van der Waals surface area contributed by atoms with Crippen molar-refractivity contribution in [2.45, 2.75) is 13.5 Å². The minimum Gasteiger partial charge on any atom is -0.380 e. The zero-order valence-electron chi connectivity index (χ0n) is 9.52. The number of pyridine rings is 1. The minimum absolute atomic E-state index is 0.719. The molecule has 0 spiro atoms. The number of aromatic nitrogens is 3. The molecule has 0 bridgehead atoms. The Labute approximate surface area is 109 Å². The van der Waals surface area contributed by atoms with E-state index in [-0.39, 0.29) is 0 Å². The maximum atomic E-state index is 4.23. The molecule has 0 fully saturated rings. The average molecular weight is 293 g/mol. The van der Waals surface area contributed by atoms with Crippen LogP contribution in [-0.2, 0) is 6.54 Å². The molecule has 0 saturated carbocycles. The Morgan fingerprint density at radius 1 is 1.53 bits per heavy atom. The van der Waals surface area contributed by atoms with Gasteiger partial charge in [0.1, 0.15) is 4.60 Å². The predicted octanol–water partition coefficient (Wildman–Crippen LogP) is 3.06. The van der Waals surface area contributed by atoms with Crippen molar-refractivity contribution in [1.82, 2.24) is 14.8 Å². The molecular weight excluding hydrogens is 280 g/mol. The van der Waals surface area contributed by atoms with E-state index >= 15 is 0 Å². The third-order valence-electron chi connectivity index (χ3n) is 2.35. The Morgan fingerprint density at radius 2 is 2.35 bits per heavy atom. The Bertz CT molecular complexity index is 533. The molecule has 0 atom stereocenters. The molecular formula is C12H13BrN4. The fourth-order valence-electron chi connectivity index (χ4n) is 1.43. The fourth-order valence-corrected chi connectivity index (χ4v) is 1.64. The molecule has 2 rings (SSSR count). The summed E-state index contributed by atoms with van der Waals surface area (Å²) >= 11 is 3.37. The van der Waals surface area contributed by atoms with Gasteiger partial charge in [-0.1, -0.05) is 6.58 Å². The van der Waals surface area contributed by atoms with E-state index in [0.717, 1.165) is 28.0 Å². The van der Waals surface area contributed by atoms with Gasteiger partial charge in [-0.3, -0.25) is 0 Å². The lowest BCUT2D eigenvalue weighted by Crippen LogP contribution is -1.99. The first-order valence-corrected chi connectivity index (χ1v) is 6.00. The number of halogens is 1. The predicted molar refractivity (Wildman–Crippen MR) is 72.6 cm³/mol. The molecule has 1 N–H and O–H groups in total. The van der Waals surface area contributed by atoms with Gasteiger partial charge < -0.3 is 5.32 Å². The summed E-state index contributed by atoms with van der Waals surface area (Å²) in [5.41, 5.74) is 3.21.